The molecule has 3 nitrogen and oxygen atoms in total. The van der Waals surface area contributed by atoms with Crippen LogP contribution in [0.25, 0.3) is 0 Å². The molecular weight excluding hydrogens is 433 g/mol. The van der Waals surface area contributed by atoms with Crippen LogP contribution in [-0.4, -0.2) is 6.61 Å². The van der Waals surface area contributed by atoms with E-state index >= 15 is 0 Å². The highest BCUT2D eigenvalue weighted by atomic mass is 79.9. The lowest BCUT2D eigenvalue weighted by molar-refractivity contribution is 0.267. The molecule has 3 aromatic rings. The van der Waals surface area contributed by atoms with Crippen LogP contribution in [0, 0.1) is 12.7 Å². The minimum Gasteiger partial charge on any atom is -0.490 e. The molecule has 0 atom stereocenters. The van der Waals surface area contributed by atoms with Crippen LogP contribution < -0.4 is 14.8 Å². The second kappa shape index (κ2) is 10.4. The Bertz CT molecular complexity index is 927. The molecule has 0 saturated heterocycles. The molecule has 3 rings (SSSR count). The fourth-order valence-electron chi connectivity index (χ4n) is 2.92. The van der Waals surface area contributed by atoms with E-state index in [2.05, 4.69) is 52.4 Å². The number of nitrogens with one attached hydrogen (secondary N) is 1. The lowest BCUT2D eigenvalue weighted by Gasteiger charge is -2.16. The maximum absolute atomic E-state index is 13.0. The van der Waals surface area contributed by atoms with Crippen LogP contribution in [0.3, 0.4) is 0 Å². The van der Waals surface area contributed by atoms with Gasteiger partial charge in [-0.15, -0.1) is 0 Å². The first kappa shape index (κ1) is 21.3. The van der Waals surface area contributed by atoms with Crippen molar-refractivity contribution in [3.63, 3.8) is 0 Å². The minimum absolute atomic E-state index is 0.222. The van der Waals surface area contributed by atoms with Crippen LogP contribution in [0.1, 0.15) is 29.2 Å². The molecule has 0 amide bonds. The molecule has 0 spiro atoms. The summed E-state index contributed by atoms with van der Waals surface area (Å²) < 4.78 is 25.7. The smallest absolute Gasteiger partial charge is 0.175 e. The SMILES string of the molecule is CCOc1cc(CNCc2ccc(F)cc2)cc(Br)c1OCc1ccc(C)cc1. The van der Waals surface area contributed by atoms with E-state index in [1.807, 2.05) is 19.1 Å². The van der Waals surface area contributed by atoms with Gasteiger partial charge in [-0.1, -0.05) is 42.0 Å². The Morgan fingerprint density at radius 3 is 2.21 bits per heavy atom. The van der Waals surface area contributed by atoms with E-state index in [9.17, 15) is 4.39 Å². The fraction of sp³-hybridized carbons (Fsp3) is 0.250. The van der Waals surface area contributed by atoms with Gasteiger partial charge in [0.2, 0.25) is 0 Å². The number of halogens is 2. The third kappa shape index (κ3) is 6.31. The number of rotatable bonds is 9. The molecule has 29 heavy (non-hydrogen) atoms. The summed E-state index contributed by atoms with van der Waals surface area (Å²) in [7, 11) is 0. The maximum atomic E-state index is 13.0. The van der Waals surface area contributed by atoms with Crippen LogP contribution in [0.4, 0.5) is 4.39 Å². The van der Waals surface area contributed by atoms with Crippen LogP contribution in [0.15, 0.2) is 65.1 Å². The highest BCUT2D eigenvalue weighted by Crippen LogP contribution is 2.37. The van der Waals surface area contributed by atoms with Crippen molar-refractivity contribution in [1.82, 2.24) is 5.32 Å². The molecule has 5 heteroatoms. The van der Waals surface area contributed by atoms with Crippen molar-refractivity contribution in [1.29, 1.82) is 0 Å². The van der Waals surface area contributed by atoms with Crippen LogP contribution in [0.5, 0.6) is 11.5 Å². The van der Waals surface area contributed by atoms with Gasteiger partial charge >= 0.3 is 0 Å². The summed E-state index contributed by atoms with van der Waals surface area (Å²) in [5.74, 6) is 1.20. The summed E-state index contributed by atoms with van der Waals surface area (Å²) in [6, 6.07) is 18.8. The van der Waals surface area contributed by atoms with Crippen LogP contribution in [-0.2, 0) is 19.7 Å². The van der Waals surface area contributed by atoms with Gasteiger partial charge in [0, 0.05) is 13.1 Å². The minimum atomic E-state index is -0.222. The first-order valence-corrected chi connectivity index (χ1v) is 10.4. The van der Waals surface area contributed by atoms with Gasteiger partial charge in [-0.2, -0.15) is 0 Å². The van der Waals surface area contributed by atoms with E-state index in [4.69, 9.17) is 9.47 Å². The lowest BCUT2D eigenvalue weighted by atomic mass is 10.1. The molecule has 1 N–H and O–H groups in total. The molecule has 0 radical (unpaired) electrons. The Balaban J connectivity index is 1.66. The average Bonchev–Trinajstić information content (AvgIpc) is 2.70. The van der Waals surface area contributed by atoms with Gasteiger partial charge in [0.15, 0.2) is 11.5 Å². The predicted octanol–water partition coefficient (Wildman–Crippen LogP) is 6.16. The van der Waals surface area contributed by atoms with Gasteiger partial charge in [-0.05, 0) is 70.7 Å². The lowest BCUT2D eigenvalue weighted by Crippen LogP contribution is -2.13. The second-order valence-corrected chi connectivity index (χ2v) is 7.70. The molecule has 0 saturated carbocycles. The standard InChI is InChI=1S/C24H25BrFNO2/c1-3-28-23-13-20(15-27-14-18-8-10-21(26)11-9-18)12-22(25)24(23)29-16-19-6-4-17(2)5-7-19/h4-13,27H,3,14-16H2,1-2H3. The number of hydrogen-bond acceptors (Lipinski definition) is 3. The summed E-state index contributed by atoms with van der Waals surface area (Å²) >= 11 is 3.62. The zero-order chi connectivity index (χ0) is 20.6. The summed E-state index contributed by atoms with van der Waals surface area (Å²) in [5, 5.41) is 3.38. The van der Waals surface area contributed by atoms with Gasteiger partial charge < -0.3 is 14.8 Å². The van der Waals surface area contributed by atoms with Gasteiger partial charge in [0.25, 0.3) is 0 Å². The highest BCUT2D eigenvalue weighted by Gasteiger charge is 2.13. The molecule has 0 aromatic heterocycles. The Kier molecular flexibility index (Phi) is 7.67. The van der Waals surface area contributed by atoms with E-state index in [-0.39, 0.29) is 5.82 Å². The summed E-state index contributed by atoms with van der Waals surface area (Å²) in [4.78, 5) is 0. The van der Waals surface area contributed by atoms with E-state index in [1.165, 1.54) is 17.7 Å². The van der Waals surface area contributed by atoms with Gasteiger partial charge in [-0.25, -0.2) is 4.39 Å². The summed E-state index contributed by atoms with van der Waals surface area (Å²) in [6.45, 7) is 6.37. The zero-order valence-corrected chi connectivity index (χ0v) is 18.3. The van der Waals surface area contributed by atoms with Crippen LogP contribution >= 0.6 is 15.9 Å². The van der Waals surface area contributed by atoms with E-state index < -0.39 is 0 Å². The molecule has 0 heterocycles. The van der Waals surface area contributed by atoms with Crippen molar-refractivity contribution in [2.45, 2.75) is 33.5 Å². The average molecular weight is 458 g/mol. The Morgan fingerprint density at radius 2 is 1.52 bits per heavy atom. The summed E-state index contributed by atoms with van der Waals surface area (Å²) in [6.07, 6.45) is 0. The highest BCUT2D eigenvalue weighted by molar-refractivity contribution is 9.10. The summed E-state index contributed by atoms with van der Waals surface area (Å²) in [5.41, 5.74) is 4.44. The van der Waals surface area contributed by atoms with E-state index in [1.54, 1.807) is 12.1 Å². The maximum Gasteiger partial charge on any atom is 0.175 e. The number of aryl methyl sites for hydroxylation is 1. The number of ether oxygens (including phenoxy) is 2. The van der Waals surface area contributed by atoms with Crippen molar-refractivity contribution in [2.75, 3.05) is 6.61 Å². The monoisotopic (exact) mass is 457 g/mol. The first-order chi connectivity index (χ1) is 14.0. The topological polar surface area (TPSA) is 30.5 Å². The molecule has 3 aromatic carbocycles. The van der Waals surface area contributed by atoms with Crippen molar-refractivity contribution < 1.29 is 13.9 Å². The fourth-order valence-corrected chi connectivity index (χ4v) is 3.52. The first-order valence-electron chi connectivity index (χ1n) is 9.64. The molecule has 0 aliphatic carbocycles. The number of hydrogen-bond donors (Lipinski definition) is 1. The third-order valence-corrected chi connectivity index (χ3v) is 5.03. The van der Waals surface area contributed by atoms with Crippen molar-refractivity contribution in [3.05, 3.63) is 93.2 Å². The Hall–Kier alpha value is -2.37. The van der Waals surface area contributed by atoms with Gasteiger partial charge in [0.1, 0.15) is 12.4 Å². The van der Waals surface area contributed by atoms with E-state index in [0.717, 1.165) is 21.2 Å². The molecule has 0 fully saturated rings. The Morgan fingerprint density at radius 1 is 0.862 bits per heavy atom. The third-order valence-electron chi connectivity index (χ3n) is 4.44. The van der Waals surface area contributed by atoms with Crippen molar-refractivity contribution in [3.8, 4) is 11.5 Å². The van der Waals surface area contributed by atoms with Crippen LogP contribution in [0.2, 0.25) is 0 Å². The van der Waals surface area contributed by atoms with Gasteiger partial charge in [0.05, 0.1) is 11.1 Å². The second-order valence-electron chi connectivity index (χ2n) is 6.84. The Labute approximate surface area is 180 Å². The van der Waals surface area contributed by atoms with E-state index in [0.29, 0.717) is 37.8 Å². The largest absolute Gasteiger partial charge is 0.490 e. The molecule has 152 valence electrons. The molecule has 0 bridgehead atoms. The quantitative estimate of drug-likeness (QED) is 0.417. The molecule has 0 unspecified atom stereocenters. The van der Waals surface area contributed by atoms with Gasteiger partial charge in [-0.3, -0.25) is 0 Å². The zero-order valence-electron chi connectivity index (χ0n) is 16.7. The van der Waals surface area contributed by atoms with Crippen molar-refractivity contribution in [2.24, 2.45) is 0 Å². The molecular formula is C24H25BrFNO2. The molecule has 0 aliphatic rings. The van der Waals surface area contributed by atoms with Crippen molar-refractivity contribution >= 4 is 15.9 Å². The number of benzene rings is 3. The predicted molar refractivity (Wildman–Crippen MR) is 118 cm³/mol. The molecule has 0 aliphatic heterocycles. The normalized spacial score (nSPS) is 10.8.